The zero-order valence-electron chi connectivity index (χ0n) is 15.4. The minimum atomic E-state index is -0.740. The van der Waals surface area contributed by atoms with Gasteiger partial charge in [0.25, 0.3) is 0 Å². The number of nitrogens with zero attached hydrogens (tertiary/aromatic N) is 1. The van der Waals surface area contributed by atoms with E-state index in [1.165, 1.54) is 11.1 Å². The zero-order valence-corrected chi connectivity index (χ0v) is 17.0. The molecule has 0 aromatic heterocycles. The van der Waals surface area contributed by atoms with Gasteiger partial charge in [-0.05, 0) is 44.1 Å². The smallest absolute Gasteiger partial charge is 0.191 e. The zero-order chi connectivity index (χ0) is 18.3. The van der Waals surface area contributed by atoms with Gasteiger partial charge >= 0.3 is 0 Å². The van der Waals surface area contributed by atoms with Crippen molar-refractivity contribution >= 4 is 15.9 Å². The molecular formula is C20H26BrNO4. The van der Waals surface area contributed by atoms with Crippen molar-refractivity contribution in [1.29, 1.82) is 0 Å². The molecule has 3 aliphatic heterocycles. The molecule has 2 atom stereocenters. The number of methoxy groups -OCH3 is 1. The predicted molar refractivity (Wildman–Crippen MR) is 103 cm³/mol. The van der Waals surface area contributed by atoms with Crippen molar-refractivity contribution in [3.05, 3.63) is 34.3 Å². The van der Waals surface area contributed by atoms with E-state index in [0.717, 1.165) is 41.9 Å². The predicted octanol–water partition coefficient (Wildman–Crippen LogP) is 3.85. The summed E-state index contributed by atoms with van der Waals surface area (Å²) >= 11 is 3.76. The van der Waals surface area contributed by atoms with Crippen LogP contribution in [0.15, 0.2) is 23.2 Å². The van der Waals surface area contributed by atoms with Gasteiger partial charge in [-0.3, -0.25) is 0 Å². The lowest BCUT2D eigenvalue weighted by atomic mass is 9.84. The summed E-state index contributed by atoms with van der Waals surface area (Å²) in [5.74, 6) is 1.24. The minimum Gasteiger partial charge on any atom is -0.493 e. The third-order valence-corrected chi connectivity index (χ3v) is 6.41. The van der Waals surface area contributed by atoms with Crippen LogP contribution >= 0.6 is 15.9 Å². The molecule has 1 saturated heterocycles. The summed E-state index contributed by atoms with van der Waals surface area (Å²) in [5, 5.41) is 0. The maximum atomic E-state index is 6.47. The summed E-state index contributed by atoms with van der Waals surface area (Å²) < 4.78 is 24.9. The Morgan fingerprint density at radius 2 is 2.19 bits per heavy atom. The standard InChI is InChI=1S/C20H26BrNO4/c1-4-20(24-8-9-25-20)11-17-13-6-5-7-22(2)12-14-15(21)10-16(23-3)19(26-17)18(13)14/h4,10,13,17H,1,5-9,11-12H2,2-3H3. The summed E-state index contributed by atoms with van der Waals surface area (Å²) in [5.41, 5.74) is 2.58. The number of ether oxygens (including phenoxy) is 4. The third-order valence-electron chi connectivity index (χ3n) is 5.70. The van der Waals surface area contributed by atoms with Crippen molar-refractivity contribution in [2.24, 2.45) is 0 Å². The quantitative estimate of drug-likeness (QED) is 0.687. The van der Waals surface area contributed by atoms with Crippen LogP contribution in [0, 0.1) is 0 Å². The molecule has 1 fully saturated rings. The highest BCUT2D eigenvalue weighted by Crippen LogP contribution is 2.53. The first-order chi connectivity index (χ1) is 12.6. The average molecular weight is 424 g/mol. The molecule has 1 aromatic carbocycles. The first-order valence-electron chi connectivity index (χ1n) is 9.23. The van der Waals surface area contributed by atoms with Gasteiger partial charge in [-0.25, -0.2) is 0 Å². The molecule has 0 spiro atoms. The SMILES string of the molecule is C=CC1(CC2Oc3c(OC)cc(Br)c4c3C2CCCN(C)C4)OCCO1. The van der Waals surface area contributed by atoms with E-state index in [0.29, 0.717) is 25.6 Å². The molecule has 0 N–H and O–H groups in total. The lowest BCUT2D eigenvalue weighted by Crippen LogP contribution is -2.36. The Bertz CT molecular complexity index is 702. The number of benzene rings is 1. The Kier molecular flexibility index (Phi) is 5.03. The van der Waals surface area contributed by atoms with Crippen molar-refractivity contribution in [2.75, 3.05) is 33.9 Å². The monoisotopic (exact) mass is 423 g/mol. The maximum Gasteiger partial charge on any atom is 0.191 e. The Labute approximate surface area is 163 Å². The summed E-state index contributed by atoms with van der Waals surface area (Å²) in [6.45, 7) is 7.11. The molecular weight excluding hydrogens is 398 g/mol. The van der Waals surface area contributed by atoms with Gasteiger partial charge < -0.3 is 23.8 Å². The van der Waals surface area contributed by atoms with Crippen LogP contribution in [0.5, 0.6) is 11.5 Å². The highest BCUT2D eigenvalue weighted by molar-refractivity contribution is 9.10. The van der Waals surface area contributed by atoms with Crippen LogP contribution in [-0.4, -0.2) is 50.7 Å². The second kappa shape index (κ2) is 7.15. The third kappa shape index (κ3) is 3.07. The molecule has 0 bridgehead atoms. The summed E-state index contributed by atoms with van der Waals surface area (Å²) in [7, 11) is 3.86. The van der Waals surface area contributed by atoms with Crippen LogP contribution in [0.1, 0.15) is 36.3 Å². The largest absolute Gasteiger partial charge is 0.493 e. The van der Waals surface area contributed by atoms with Crippen LogP contribution in [0.25, 0.3) is 0 Å². The van der Waals surface area contributed by atoms with Crippen LogP contribution in [0.3, 0.4) is 0 Å². The van der Waals surface area contributed by atoms with Gasteiger partial charge in [0, 0.05) is 28.9 Å². The molecule has 5 nitrogen and oxygen atoms in total. The second-order valence-electron chi connectivity index (χ2n) is 7.34. The lowest BCUT2D eigenvalue weighted by molar-refractivity contribution is -0.136. The van der Waals surface area contributed by atoms with Crippen LogP contribution in [0.4, 0.5) is 0 Å². The summed E-state index contributed by atoms with van der Waals surface area (Å²) in [6.07, 6.45) is 4.62. The van der Waals surface area contributed by atoms with Crippen LogP contribution in [0.2, 0.25) is 0 Å². The first-order valence-corrected chi connectivity index (χ1v) is 10.0. The Hall–Kier alpha value is -1.08. The van der Waals surface area contributed by atoms with Gasteiger partial charge in [-0.15, -0.1) is 0 Å². The van der Waals surface area contributed by atoms with E-state index in [9.17, 15) is 0 Å². The van der Waals surface area contributed by atoms with Gasteiger partial charge in [0.05, 0.1) is 20.3 Å². The topological polar surface area (TPSA) is 40.2 Å². The molecule has 2 unspecified atom stereocenters. The second-order valence-corrected chi connectivity index (χ2v) is 8.20. The van der Waals surface area contributed by atoms with E-state index < -0.39 is 5.79 Å². The Morgan fingerprint density at radius 3 is 2.88 bits per heavy atom. The highest BCUT2D eigenvalue weighted by Gasteiger charge is 2.45. The molecule has 0 amide bonds. The highest BCUT2D eigenvalue weighted by atomic mass is 79.9. The number of hydrogen-bond acceptors (Lipinski definition) is 5. The Morgan fingerprint density at radius 1 is 1.42 bits per heavy atom. The molecule has 142 valence electrons. The fraction of sp³-hybridized carbons (Fsp3) is 0.600. The summed E-state index contributed by atoms with van der Waals surface area (Å²) in [6, 6.07) is 2.02. The van der Waals surface area contributed by atoms with E-state index in [4.69, 9.17) is 18.9 Å². The molecule has 0 aliphatic carbocycles. The van der Waals surface area contributed by atoms with Crippen molar-refractivity contribution < 1.29 is 18.9 Å². The van der Waals surface area contributed by atoms with E-state index in [1.807, 2.05) is 6.07 Å². The fourth-order valence-electron chi connectivity index (χ4n) is 4.43. The van der Waals surface area contributed by atoms with E-state index in [-0.39, 0.29) is 6.10 Å². The van der Waals surface area contributed by atoms with E-state index in [1.54, 1.807) is 13.2 Å². The molecule has 26 heavy (non-hydrogen) atoms. The van der Waals surface area contributed by atoms with Gasteiger partial charge in [0.1, 0.15) is 6.10 Å². The molecule has 0 saturated carbocycles. The molecule has 1 aromatic rings. The lowest BCUT2D eigenvalue weighted by Gasteiger charge is -2.30. The maximum absolute atomic E-state index is 6.47. The van der Waals surface area contributed by atoms with Gasteiger partial charge in [-0.1, -0.05) is 22.5 Å². The first kappa shape index (κ1) is 18.3. The van der Waals surface area contributed by atoms with Gasteiger partial charge in [-0.2, -0.15) is 0 Å². The van der Waals surface area contributed by atoms with E-state index in [2.05, 4.69) is 34.5 Å². The normalized spacial score (nSPS) is 27.3. The van der Waals surface area contributed by atoms with Crippen LogP contribution < -0.4 is 9.47 Å². The Balaban J connectivity index is 1.74. The molecule has 3 aliphatic rings. The number of hydrogen-bond donors (Lipinski definition) is 0. The molecule has 0 radical (unpaired) electrons. The molecule has 4 rings (SSSR count). The minimum absolute atomic E-state index is 0.00791. The molecule has 6 heteroatoms. The van der Waals surface area contributed by atoms with Crippen molar-refractivity contribution in [3.8, 4) is 11.5 Å². The molecule has 3 heterocycles. The van der Waals surface area contributed by atoms with Crippen LogP contribution in [-0.2, 0) is 16.0 Å². The average Bonchev–Trinajstić information content (AvgIpc) is 3.21. The summed E-state index contributed by atoms with van der Waals surface area (Å²) in [4.78, 5) is 2.37. The number of halogens is 1. The van der Waals surface area contributed by atoms with Crippen molar-refractivity contribution in [2.45, 2.75) is 43.6 Å². The van der Waals surface area contributed by atoms with Crippen molar-refractivity contribution in [1.82, 2.24) is 4.90 Å². The van der Waals surface area contributed by atoms with Gasteiger partial charge in [0.2, 0.25) is 0 Å². The number of rotatable bonds is 4. The fourth-order valence-corrected chi connectivity index (χ4v) is 4.97. The van der Waals surface area contributed by atoms with E-state index >= 15 is 0 Å². The van der Waals surface area contributed by atoms with Crippen molar-refractivity contribution in [3.63, 3.8) is 0 Å². The van der Waals surface area contributed by atoms with Gasteiger partial charge in [0.15, 0.2) is 17.3 Å².